The molecular weight excluding hydrogens is 350 g/mol. The molecular formula is C22H25N5O. The number of nitrogens with one attached hydrogen (secondary N) is 1. The number of aliphatic hydroxyl groups excluding tert-OH is 1. The van der Waals surface area contributed by atoms with Gasteiger partial charge in [0.1, 0.15) is 18.0 Å². The minimum absolute atomic E-state index is 0.547. The second-order valence-corrected chi connectivity index (χ2v) is 6.92. The highest BCUT2D eigenvalue weighted by Gasteiger charge is 2.11. The summed E-state index contributed by atoms with van der Waals surface area (Å²) in [5, 5.41) is 13.1. The van der Waals surface area contributed by atoms with Gasteiger partial charge in [-0.05, 0) is 64.8 Å². The third kappa shape index (κ3) is 4.18. The third-order valence-electron chi connectivity index (χ3n) is 4.37. The minimum atomic E-state index is -0.547. The predicted molar refractivity (Wildman–Crippen MR) is 115 cm³/mol. The number of rotatable bonds is 6. The first kappa shape index (κ1) is 19.5. The van der Waals surface area contributed by atoms with Gasteiger partial charge in [0.05, 0.1) is 17.1 Å². The second-order valence-electron chi connectivity index (χ2n) is 6.92. The summed E-state index contributed by atoms with van der Waals surface area (Å²) in [5.74, 6) is 1.42. The summed E-state index contributed by atoms with van der Waals surface area (Å²) in [6.45, 7) is 11.3. The lowest BCUT2D eigenvalue weighted by Gasteiger charge is -2.11. The molecule has 2 aromatic heterocycles. The number of imidazole rings is 1. The van der Waals surface area contributed by atoms with Crippen molar-refractivity contribution in [2.24, 2.45) is 4.99 Å². The van der Waals surface area contributed by atoms with Gasteiger partial charge in [-0.2, -0.15) is 0 Å². The normalized spacial score (nSPS) is 12.7. The second kappa shape index (κ2) is 8.19. The van der Waals surface area contributed by atoms with Gasteiger partial charge in [0.2, 0.25) is 0 Å². The zero-order valence-electron chi connectivity index (χ0n) is 16.6. The van der Waals surface area contributed by atoms with Crippen molar-refractivity contribution in [2.45, 2.75) is 33.8 Å². The number of aromatic nitrogens is 3. The smallest absolute Gasteiger partial charge is 0.138 e. The van der Waals surface area contributed by atoms with Crippen LogP contribution in [0.25, 0.3) is 16.9 Å². The molecule has 0 saturated carbocycles. The molecule has 0 aliphatic rings. The van der Waals surface area contributed by atoms with Crippen LogP contribution in [0.5, 0.6) is 0 Å². The van der Waals surface area contributed by atoms with Crippen LogP contribution in [0.15, 0.2) is 65.2 Å². The van der Waals surface area contributed by atoms with Crippen molar-refractivity contribution in [1.29, 1.82) is 0 Å². The molecule has 0 amide bonds. The van der Waals surface area contributed by atoms with Crippen LogP contribution in [-0.4, -0.2) is 26.4 Å². The van der Waals surface area contributed by atoms with Crippen LogP contribution in [0, 0.1) is 6.92 Å². The molecule has 144 valence electrons. The number of aliphatic hydroxyl groups is 1. The maximum absolute atomic E-state index is 9.83. The van der Waals surface area contributed by atoms with E-state index < -0.39 is 6.10 Å². The predicted octanol–water partition coefficient (Wildman–Crippen LogP) is 4.70. The molecule has 1 atom stereocenters. The Kier molecular flexibility index (Phi) is 5.70. The van der Waals surface area contributed by atoms with E-state index in [2.05, 4.69) is 27.0 Å². The summed E-state index contributed by atoms with van der Waals surface area (Å²) in [4.78, 5) is 13.1. The molecule has 1 aromatic carbocycles. The lowest BCUT2D eigenvalue weighted by molar-refractivity contribution is 0.198. The Labute approximate surface area is 165 Å². The van der Waals surface area contributed by atoms with E-state index in [1.165, 1.54) is 5.57 Å². The molecule has 0 saturated heterocycles. The van der Waals surface area contributed by atoms with E-state index >= 15 is 0 Å². The monoisotopic (exact) mass is 375 g/mol. The van der Waals surface area contributed by atoms with Crippen molar-refractivity contribution >= 4 is 23.4 Å². The van der Waals surface area contributed by atoms with Crippen LogP contribution in [0.2, 0.25) is 0 Å². The van der Waals surface area contributed by atoms with Crippen LogP contribution in [-0.2, 0) is 0 Å². The summed E-state index contributed by atoms with van der Waals surface area (Å²) >= 11 is 0. The maximum Gasteiger partial charge on any atom is 0.138 e. The number of nitrogens with zero attached hydrogens (tertiary/aromatic N) is 4. The lowest BCUT2D eigenvalue weighted by atomic mass is 10.1. The first-order valence-electron chi connectivity index (χ1n) is 9.11. The minimum Gasteiger partial charge on any atom is -0.389 e. The molecule has 0 radical (unpaired) electrons. The molecule has 3 aromatic rings. The zero-order valence-corrected chi connectivity index (χ0v) is 16.6. The van der Waals surface area contributed by atoms with Gasteiger partial charge in [0, 0.05) is 16.9 Å². The van der Waals surface area contributed by atoms with Gasteiger partial charge < -0.3 is 10.4 Å². The van der Waals surface area contributed by atoms with Gasteiger partial charge in [-0.15, -0.1) is 0 Å². The van der Waals surface area contributed by atoms with E-state index in [9.17, 15) is 5.11 Å². The lowest BCUT2D eigenvalue weighted by Crippen LogP contribution is -2.03. The third-order valence-corrected chi connectivity index (χ3v) is 4.37. The van der Waals surface area contributed by atoms with Gasteiger partial charge in [0.25, 0.3) is 0 Å². The Bertz CT molecular complexity index is 1070. The van der Waals surface area contributed by atoms with Crippen molar-refractivity contribution in [3.05, 3.63) is 71.5 Å². The molecule has 6 nitrogen and oxygen atoms in total. The number of pyridine rings is 1. The molecule has 28 heavy (non-hydrogen) atoms. The molecule has 3 rings (SSSR count). The molecule has 0 spiro atoms. The number of hydrogen-bond donors (Lipinski definition) is 2. The van der Waals surface area contributed by atoms with Crippen LogP contribution >= 0.6 is 0 Å². The fourth-order valence-corrected chi connectivity index (χ4v) is 2.93. The number of benzene rings is 1. The molecule has 0 aliphatic carbocycles. The molecule has 0 bridgehead atoms. The average molecular weight is 375 g/mol. The summed E-state index contributed by atoms with van der Waals surface area (Å²) in [5.41, 5.74) is 5.47. The number of allylic oxidation sites excluding steroid dienone is 3. The van der Waals surface area contributed by atoms with Crippen LogP contribution in [0.4, 0.5) is 5.69 Å². The zero-order chi connectivity index (χ0) is 20.3. The first-order valence-corrected chi connectivity index (χ1v) is 9.11. The Morgan fingerprint density at radius 3 is 2.68 bits per heavy atom. The number of fused-ring (bicyclic) bond motifs is 1. The van der Waals surface area contributed by atoms with Crippen molar-refractivity contribution in [3.8, 4) is 5.82 Å². The number of hydrogen-bond acceptors (Lipinski definition) is 5. The van der Waals surface area contributed by atoms with E-state index in [0.29, 0.717) is 5.82 Å². The maximum atomic E-state index is 9.83. The largest absolute Gasteiger partial charge is 0.389 e. The highest BCUT2D eigenvalue weighted by molar-refractivity contribution is 5.81. The summed E-state index contributed by atoms with van der Waals surface area (Å²) in [6, 6.07) is 9.70. The highest BCUT2D eigenvalue weighted by atomic mass is 16.3. The van der Waals surface area contributed by atoms with Crippen LogP contribution < -0.4 is 5.32 Å². The van der Waals surface area contributed by atoms with Crippen LogP contribution in [0.3, 0.4) is 0 Å². The molecule has 0 fully saturated rings. The summed E-state index contributed by atoms with van der Waals surface area (Å²) < 4.78 is 1.93. The molecule has 1 unspecified atom stereocenters. The van der Waals surface area contributed by atoms with E-state index in [-0.39, 0.29) is 0 Å². The topological polar surface area (TPSA) is 75.3 Å². The van der Waals surface area contributed by atoms with Crippen molar-refractivity contribution < 1.29 is 5.11 Å². The summed E-state index contributed by atoms with van der Waals surface area (Å²) in [7, 11) is 0. The standard InChI is InChI=1S/C22H25N5O/c1-14(2)6-10-21(23-5)26-17-7-9-19-20(12-17)27(13-24-19)22-11-8-18(16(4)28)15(3)25-22/h6-13,16,26,28H,5H2,1-4H3/b21-10+. The molecule has 2 N–H and O–H groups in total. The van der Waals surface area contributed by atoms with E-state index in [0.717, 1.165) is 33.8 Å². The number of aliphatic imine (C=N–C) groups is 1. The van der Waals surface area contributed by atoms with Gasteiger partial charge in [-0.25, -0.2) is 15.0 Å². The number of anilines is 1. The Morgan fingerprint density at radius 1 is 1.25 bits per heavy atom. The first-order chi connectivity index (χ1) is 13.4. The quantitative estimate of drug-likeness (QED) is 0.484. The number of aryl methyl sites for hydroxylation is 1. The van der Waals surface area contributed by atoms with Crippen molar-refractivity contribution in [1.82, 2.24) is 14.5 Å². The van der Waals surface area contributed by atoms with E-state index in [1.807, 2.05) is 67.8 Å². The Morgan fingerprint density at radius 2 is 2.04 bits per heavy atom. The fourth-order valence-electron chi connectivity index (χ4n) is 2.93. The van der Waals surface area contributed by atoms with Crippen molar-refractivity contribution in [2.75, 3.05) is 5.32 Å². The SMILES string of the molecule is C=N/C(=C\C=C(C)C)Nc1ccc2ncn(-c3ccc(C(C)O)c(C)n3)c2c1. The highest BCUT2D eigenvalue weighted by Crippen LogP contribution is 2.24. The summed E-state index contributed by atoms with van der Waals surface area (Å²) in [6.07, 6.45) is 5.08. The Balaban J connectivity index is 1.99. The van der Waals surface area contributed by atoms with E-state index in [4.69, 9.17) is 0 Å². The van der Waals surface area contributed by atoms with Crippen LogP contribution in [0.1, 0.15) is 38.1 Å². The van der Waals surface area contributed by atoms with E-state index in [1.54, 1.807) is 13.3 Å². The fraction of sp³-hybridized carbons (Fsp3) is 0.227. The molecule has 2 heterocycles. The Hall–Kier alpha value is -3.25. The van der Waals surface area contributed by atoms with Gasteiger partial charge >= 0.3 is 0 Å². The average Bonchev–Trinajstić information content (AvgIpc) is 3.07. The van der Waals surface area contributed by atoms with Gasteiger partial charge in [-0.1, -0.05) is 17.7 Å². The van der Waals surface area contributed by atoms with Crippen molar-refractivity contribution in [3.63, 3.8) is 0 Å². The molecule has 0 aliphatic heterocycles. The van der Waals surface area contributed by atoms with Gasteiger partial charge in [-0.3, -0.25) is 4.57 Å². The molecule has 6 heteroatoms. The van der Waals surface area contributed by atoms with Gasteiger partial charge in [0.15, 0.2) is 0 Å².